The van der Waals surface area contributed by atoms with E-state index in [0.717, 1.165) is 30.0 Å². The van der Waals surface area contributed by atoms with Crippen LogP contribution in [0.1, 0.15) is 128 Å². The van der Waals surface area contributed by atoms with Gasteiger partial charge >= 0.3 is 35.8 Å². The number of hydrogen-bond acceptors (Lipinski definition) is 18. The van der Waals surface area contributed by atoms with Gasteiger partial charge in [-0.1, -0.05) is 81.0 Å². The van der Waals surface area contributed by atoms with Gasteiger partial charge in [0.05, 0.1) is 29.7 Å². The van der Waals surface area contributed by atoms with Crippen molar-refractivity contribution in [3.63, 3.8) is 0 Å². The number of esters is 6. The van der Waals surface area contributed by atoms with Gasteiger partial charge in [0, 0.05) is 61.0 Å². The summed E-state index contributed by atoms with van der Waals surface area (Å²) in [7, 11) is 0. The lowest BCUT2D eigenvalue weighted by molar-refractivity contribution is -0.155. The van der Waals surface area contributed by atoms with Crippen LogP contribution in [-0.4, -0.2) is 101 Å². The molecule has 1 saturated carbocycles. The molecule has 0 saturated heterocycles. The number of hydrogen-bond donors (Lipinski definition) is 0. The number of ether oxygens (including phenoxy) is 10. The number of nitrogens with zero attached hydrogens (tertiary/aromatic N) is 2. The molecule has 0 amide bonds. The molecule has 1 fully saturated rings. The second kappa shape index (κ2) is 28.6. The van der Waals surface area contributed by atoms with Gasteiger partial charge < -0.3 is 47.4 Å². The molecule has 468 valence electrons. The van der Waals surface area contributed by atoms with Crippen LogP contribution in [0.4, 0.5) is 0 Å². The average Bonchev–Trinajstić information content (AvgIpc) is 2.14. The Morgan fingerprint density at radius 1 is 0.477 bits per heavy atom. The average molecular weight is 1210 g/mol. The molecule has 0 aliphatic heterocycles. The highest BCUT2D eigenvalue weighted by molar-refractivity contribution is 5.97. The Morgan fingerprint density at radius 2 is 0.909 bits per heavy atom. The third-order valence-electron chi connectivity index (χ3n) is 13.9. The zero-order chi connectivity index (χ0) is 64.8. The molecule has 4 unspecified atom stereocenters. The first-order valence-corrected chi connectivity index (χ1v) is 28.9. The highest BCUT2D eigenvalue weighted by Gasteiger charge is 2.45. The van der Waals surface area contributed by atoms with Gasteiger partial charge in [0.1, 0.15) is 52.6 Å². The molecule has 3 aromatic carbocycles. The van der Waals surface area contributed by atoms with E-state index < -0.39 is 69.4 Å². The van der Waals surface area contributed by atoms with Gasteiger partial charge in [0.25, 0.3) is 0 Å². The molecule has 6 rings (SSSR count). The van der Waals surface area contributed by atoms with E-state index in [1.165, 1.54) is 30.5 Å². The second-order valence-corrected chi connectivity index (χ2v) is 25.2. The maximum atomic E-state index is 14.3. The highest BCUT2D eigenvalue weighted by atomic mass is 16.6. The van der Waals surface area contributed by atoms with Crippen LogP contribution in [0.15, 0.2) is 164 Å². The van der Waals surface area contributed by atoms with Crippen molar-refractivity contribution in [3.05, 3.63) is 176 Å². The van der Waals surface area contributed by atoms with E-state index >= 15 is 0 Å². The van der Waals surface area contributed by atoms with Crippen LogP contribution in [-0.2, 0) is 49.3 Å². The van der Waals surface area contributed by atoms with Gasteiger partial charge in [-0.25, -0.2) is 28.8 Å². The molecule has 0 N–H and O–H groups in total. The summed E-state index contributed by atoms with van der Waals surface area (Å²) in [4.78, 5) is 77.0. The first kappa shape index (κ1) is 68.1. The highest BCUT2D eigenvalue weighted by Crippen LogP contribution is 2.46. The van der Waals surface area contributed by atoms with Crippen molar-refractivity contribution in [1.82, 2.24) is 0 Å². The Morgan fingerprint density at radius 3 is 1.42 bits per heavy atom. The van der Waals surface area contributed by atoms with Crippen molar-refractivity contribution in [2.75, 3.05) is 19.8 Å². The summed E-state index contributed by atoms with van der Waals surface area (Å²) in [5, 5.41) is 9.43. The molecule has 0 aromatic heterocycles. The molecule has 3 aromatic rings. The molecule has 88 heavy (non-hydrogen) atoms. The van der Waals surface area contributed by atoms with E-state index in [2.05, 4.69) is 67.9 Å². The van der Waals surface area contributed by atoms with Gasteiger partial charge in [-0.15, -0.1) is 0 Å². The fourth-order valence-corrected chi connectivity index (χ4v) is 10.8. The van der Waals surface area contributed by atoms with Crippen LogP contribution < -0.4 is 23.7 Å². The molecule has 0 radical (unpaired) electrons. The summed E-state index contributed by atoms with van der Waals surface area (Å²) < 4.78 is 59.6. The van der Waals surface area contributed by atoms with Crippen molar-refractivity contribution in [2.45, 2.75) is 136 Å². The van der Waals surface area contributed by atoms with E-state index in [1.54, 1.807) is 85.7 Å². The number of benzene rings is 3. The molecule has 3 aliphatic rings. The lowest BCUT2D eigenvalue weighted by Crippen LogP contribution is -2.41. The Labute approximate surface area is 516 Å². The van der Waals surface area contributed by atoms with Crippen LogP contribution in [0.5, 0.6) is 28.7 Å². The molecule has 0 bridgehead atoms. The van der Waals surface area contributed by atoms with E-state index in [4.69, 9.17) is 52.5 Å². The van der Waals surface area contributed by atoms with Crippen molar-refractivity contribution < 1.29 is 76.1 Å². The maximum Gasteiger partial charge on any atom is 0.343 e. The molecule has 0 spiro atoms. The number of rotatable bonds is 30. The predicted octanol–water partition coefficient (Wildman–Crippen LogP) is 12.7. The van der Waals surface area contributed by atoms with Gasteiger partial charge in [0.2, 0.25) is 0 Å². The molecule has 3 aliphatic carbocycles. The number of carbonyl (C=O) groups is 6. The standard InChI is InChI=1S/C70H82N2O16/c1-17-58(73)85-67(9,10)41-65(5,6)83-55-34-31-46(39-57(55)84-66(7,8)42-68(11,12)86-59(74)18-2)63(77)79-36-35-45-29-32-53(48(37-45)40-71-72-62-51-27-23-21-25-49(51)50-26-22-24-28-52(50)62)82-64(78)47-30-33-54(80-43-69(13,14)87-60(75)19-3)56(38-47)81-44-70(15,16)88-61(76)20-4/h17-34,37-40,49-52H,1-4,35-36,41-44H2,5-16H3/b71-40+,72-62?. The maximum absolute atomic E-state index is 14.3. The first-order valence-electron chi connectivity index (χ1n) is 28.9. The van der Waals surface area contributed by atoms with Gasteiger partial charge in [0.15, 0.2) is 23.0 Å². The SMILES string of the molecule is C=CC(=O)OC(C)(C)COc1ccc(C(=O)Oc2ccc(CCOC(=O)c3ccc(OC(C)(C)CC(C)(C)OC(=O)C=C)c(OC(C)(C)CC(C)(C)OC(=O)C=C)c3)cc2/C=N/N=C2C3C=CC=CC3C3C=CC=CC23)cc1OCC(C)(C)OC(=O)C=C. The lowest BCUT2D eigenvalue weighted by Gasteiger charge is -2.37. The van der Waals surface area contributed by atoms with E-state index in [1.807, 2.05) is 39.8 Å². The van der Waals surface area contributed by atoms with Gasteiger partial charge in [-0.2, -0.15) is 10.2 Å². The Balaban J connectivity index is 1.29. The normalized spacial score (nSPS) is 17.1. The van der Waals surface area contributed by atoms with Crippen molar-refractivity contribution in [3.8, 4) is 28.7 Å². The Kier molecular flexibility index (Phi) is 22.1. The minimum atomic E-state index is -1.14. The summed E-state index contributed by atoms with van der Waals surface area (Å²) in [5.41, 5.74) is -3.94. The second-order valence-electron chi connectivity index (χ2n) is 25.2. The summed E-state index contributed by atoms with van der Waals surface area (Å²) in [6, 6.07) is 14.2. The fourth-order valence-electron chi connectivity index (χ4n) is 10.8. The molecule has 18 nitrogen and oxygen atoms in total. The smallest absolute Gasteiger partial charge is 0.343 e. The largest absolute Gasteiger partial charge is 0.486 e. The molecular formula is C70H82N2O16. The van der Waals surface area contributed by atoms with Crippen molar-refractivity contribution >= 4 is 47.7 Å². The number of fused-ring (bicyclic) bond motifs is 3. The van der Waals surface area contributed by atoms with Gasteiger partial charge in [-0.3, -0.25) is 0 Å². The van der Waals surface area contributed by atoms with Crippen molar-refractivity contribution in [2.24, 2.45) is 33.9 Å². The van der Waals surface area contributed by atoms with Gasteiger partial charge in [-0.05, 0) is 149 Å². The van der Waals surface area contributed by atoms with E-state index in [0.29, 0.717) is 11.1 Å². The predicted molar refractivity (Wildman–Crippen MR) is 335 cm³/mol. The summed E-state index contributed by atoms with van der Waals surface area (Å²) in [6.45, 7) is 34.5. The summed E-state index contributed by atoms with van der Waals surface area (Å²) >= 11 is 0. The number of carbonyl (C=O) groups excluding carboxylic acids is 6. The van der Waals surface area contributed by atoms with Crippen LogP contribution in [0.2, 0.25) is 0 Å². The Hall–Kier alpha value is -9.06. The third kappa shape index (κ3) is 19.7. The van der Waals surface area contributed by atoms with Crippen LogP contribution in [0.3, 0.4) is 0 Å². The molecule has 18 heteroatoms. The van der Waals surface area contributed by atoms with Crippen LogP contribution in [0.25, 0.3) is 0 Å². The molecular weight excluding hydrogens is 1120 g/mol. The minimum absolute atomic E-state index is 0.0258. The molecule has 4 atom stereocenters. The van der Waals surface area contributed by atoms with E-state index in [9.17, 15) is 28.8 Å². The summed E-state index contributed by atoms with van der Waals surface area (Å²) in [6.07, 6.45) is 23.3. The first-order chi connectivity index (χ1) is 41.2. The van der Waals surface area contributed by atoms with Crippen LogP contribution in [0, 0.1) is 23.7 Å². The van der Waals surface area contributed by atoms with Crippen molar-refractivity contribution in [1.29, 1.82) is 0 Å². The zero-order valence-corrected chi connectivity index (χ0v) is 52.5. The zero-order valence-electron chi connectivity index (χ0n) is 52.5. The third-order valence-corrected chi connectivity index (χ3v) is 13.9. The molecule has 0 heterocycles. The summed E-state index contributed by atoms with van der Waals surface area (Å²) in [5.74, 6) is -2.55. The Bertz CT molecular complexity index is 3310. The quantitative estimate of drug-likeness (QED) is 0.0151. The monoisotopic (exact) mass is 1210 g/mol. The minimum Gasteiger partial charge on any atom is -0.486 e. The van der Waals surface area contributed by atoms with Crippen LogP contribution >= 0.6 is 0 Å². The number of allylic oxidation sites excluding steroid dienone is 8. The van der Waals surface area contributed by atoms with E-state index in [-0.39, 0.29) is 103 Å². The topological polar surface area (TPSA) is 219 Å². The fraction of sp³-hybridized carbons (Fsp3) is 0.400. The lowest BCUT2D eigenvalue weighted by atomic mass is 9.83.